The van der Waals surface area contributed by atoms with Gasteiger partial charge >= 0.3 is 12.0 Å². The number of rotatable bonds is 5. The lowest BCUT2D eigenvalue weighted by Gasteiger charge is -2.26. The van der Waals surface area contributed by atoms with Gasteiger partial charge in [0, 0.05) is 19.3 Å². The summed E-state index contributed by atoms with van der Waals surface area (Å²) in [5.74, 6) is -0.284. The SMILES string of the molecule is CN(CCC(=O)O)C(=O)Nc1cccc(C2CCC2)c1. The Morgan fingerprint density at radius 2 is 2.15 bits per heavy atom. The average molecular weight is 276 g/mol. The van der Waals surface area contributed by atoms with Gasteiger partial charge in [-0.2, -0.15) is 0 Å². The zero-order chi connectivity index (χ0) is 14.5. The van der Waals surface area contributed by atoms with E-state index in [0.29, 0.717) is 5.92 Å². The van der Waals surface area contributed by atoms with Crippen LogP contribution in [0.15, 0.2) is 24.3 Å². The monoisotopic (exact) mass is 276 g/mol. The summed E-state index contributed by atoms with van der Waals surface area (Å²) in [6, 6.07) is 7.61. The van der Waals surface area contributed by atoms with Crippen molar-refractivity contribution >= 4 is 17.7 Å². The fraction of sp³-hybridized carbons (Fsp3) is 0.467. The summed E-state index contributed by atoms with van der Waals surface area (Å²) in [4.78, 5) is 23.8. The van der Waals surface area contributed by atoms with Crippen molar-refractivity contribution in [3.63, 3.8) is 0 Å². The summed E-state index contributed by atoms with van der Waals surface area (Å²) in [7, 11) is 1.59. The van der Waals surface area contributed by atoms with Crippen LogP contribution in [0.25, 0.3) is 0 Å². The maximum atomic E-state index is 11.9. The summed E-state index contributed by atoms with van der Waals surface area (Å²) < 4.78 is 0. The molecule has 0 heterocycles. The average Bonchev–Trinajstić information content (AvgIpc) is 2.34. The fourth-order valence-corrected chi connectivity index (χ4v) is 2.20. The number of urea groups is 1. The van der Waals surface area contributed by atoms with Crippen LogP contribution in [0.5, 0.6) is 0 Å². The maximum absolute atomic E-state index is 11.9. The van der Waals surface area contributed by atoms with Crippen LogP contribution >= 0.6 is 0 Å². The Balaban J connectivity index is 1.91. The molecular formula is C15H20N2O3. The van der Waals surface area contributed by atoms with Gasteiger partial charge in [0.2, 0.25) is 0 Å². The molecule has 0 radical (unpaired) electrons. The summed E-state index contributed by atoms with van der Waals surface area (Å²) in [6.45, 7) is 0.198. The molecule has 20 heavy (non-hydrogen) atoms. The van der Waals surface area contributed by atoms with Gasteiger partial charge in [-0.25, -0.2) is 4.79 Å². The molecule has 1 fully saturated rings. The van der Waals surface area contributed by atoms with Crippen molar-refractivity contribution in [3.05, 3.63) is 29.8 Å². The highest BCUT2D eigenvalue weighted by Gasteiger charge is 2.19. The minimum absolute atomic E-state index is 0.0496. The number of benzene rings is 1. The van der Waals surface area contributed by atoms with Gasteiger partial charge < -0.3 is 15.3 Å². The van der Waals surface area contributed by atoms with E-state index in [-0.39, 0.29) is 19.0 Å². The number of carbonyl (C=O) groups is 2. The molecule has 1 aliphatic carbocycles. The van der Waals surface area contributed by atoms with Gasteiger partial charge in [-0.1, -0.05) is 18.6 Å². The number of carboxylic acids is 1. The molecule has 5 nitrogen and oxygen atoms in total. The Morgan fingerprint density at radius 3 is 2.75 bits per heavy atom. The van der Waals surface area contributed by atoms with E-state index in [1.54, 1.807) is 7.05 Å². The number of carboxylic acid groups (broad SMARTS) is 1. The molecule has 0 bridgehead atoms. The number of nitrogens with one attached hydrogen (secondary N) is 1. The Hall–Kier alpha value is -2.04. The van der Waals surface area contributed by atoms with Crippen LogP contribution in [0, 0.1) is 0 Å². The van der Waals surface area contributed by atoms with Crippen molar-refractivity contribution < 1.29 is 14.7 Å². The largest absolute Gasteiger partial charge is 0.481 e. The summed E-state index contributed by atoms with van der Waals surface area (Å²) in [6.07, 6.45) is 3.66. The minimum Gasteiger partial charge on any atom is -0.481 e. The van der Waals surface area contributed by atoms with Gasteiger partial charge in [0.05, 0.1) is 6.42 Å². The van der Waals surface area contributed by atoms with Crippen LogP contribution in [0.3, 0.4) is 0 Å². The first kappa shape index (κ1) is 14.4. The number of carbonyl (C=O) groups excluding carboxylic acids is 1. The lowest BCUT2D eigenvalue weighted by atomic mass is 9.80. The lowest BCUT2D eigenvalue weighted by Crippen LogP contribution is -2.33. The van der Waals surface area contributed by atoms with Crippen LogP contribution in [0.2, 0.25) is 0 Å². The van der Waals surface area contributed by atoms with Gasteiger partial charge in [0.15, 0.2) is 0 Å². The predicted octanol–water partition coefficient (Wildman–Crippen LogP) is 2.89. The molecule has 1 saturated carbocycles. The molecule has 2 amide bonds. The third-order valence-electron chi connectivity index (χ3n) is 3.72. The predicted molar refractivity (Wildman–Crippen MR) is 76.9 cm³/mol. The fourth-order valence-electron chi connectivity index (χ4n) is 2.20. The Bertz CT molecular complexity index is 498. The maximum Gasteiger partial charge on any atom is 0.321 e. The van der Waals surface area contributed by atoms with Crippen LogP contribution in [0.1, 0.15) is 37.2 Å². The van der Waals surface area contributed by atoms with Gasteiger partial charge in [0.25, 0.3) is 0 Å². The summed E-state index contributed by atoms with van der Waals surface area (Å²) in [5, 5.41) is 11.4. The Kier molecular flexibility index (Phi) is 4.61. The highest BCUT2D eigenvalue weighted by Crippen LogP contribution is 2.36. The number of amides is 2. The zero-order valence-electron chi connectivity index (χ0n) is 11.6. The van der Waals surface area contributed by atoms with Gasteiger partial charge in [-0.3, -0.25) is 4.79 Å². The van der Waals surface area contributed by atoms with Crippen molar-refractivity contribution in [1.82, 2.24) is 4.90 Å². The zero-order valence-corrected chi connectivity index (χ0v) is 11.6. The standard InChI is InChI=1S/C15H20N2O3/c1-17(9-8-14(18)19)15(20)16-13-7-3-6-12(10-13)11-4-2-5-11/h3,6-7,10-11H,2,4-5,8-9H2,1H3,(H,16,20)(H,18,19). The molecule has 108 valence electrons. The Labute approximate surface area is 118 Å². The quantitative estimate of drug-likeness (QED) is 0.868. The van der Waals surface area contributed by atoms with Gasteiger partial charge in [-0.05, 0) is 36.5 Å². The van der Waals surface area contributed by atoms with Crippen molar-refractivity contribution in [2.24, 2.45) is 0 Å². The smallest absolute Gasteiger partial charge is 0.321 e. The van der Waals surface area contributed by atoms with Crippen molar-refractivity contribution in [3.8, 4) is 0 Å². The Morgan fingerprint density at radius 1 is 1.40 bits per heavy atom. The van der Waals surface area contributed by atoms with Crippen molar-refractivity contribution in [1.29, 1.82) is 0 Å². The molecule has 0 aromatic heterocycles. The highest BCUT2D eigenvalue weighted by molar-refractivity contribution is 5.89. The van der Waals surface area contributed by atoms with E-state index >= 15 is 0 Å². The number of nitrogens with zero attached hydrogens (tertiary/aromatic N) is 1. The van der Waals surface area contributed by atoms with Crippen LogP contribution in [-0.2, 0) is 4.79 Å². The van der Waals surface area contributed by atoms with Crippen LogP contribution in [0.4, 0.5) is 10.5 Å². The first-order valence-corrected chi connectivity index (χ1v) is 6.90. The van der Waals surface area contributed by atoms with E-state index in [1.165, 1.54) is 29.7 Å². The molecule has 2 rings (SSSR count). The molecule has 1 aromatic rings. The minimum atomic E-state index is -0.906. The topological polar surface area (TPSA) is 69.6 Å². The molecule has 0 saturated heterocycles. The number of hydrogen-bond donors (Lipinski definition) is 2. The molecule has 5 heteroatoms. The van der Waals surface area contributed by atoms with Crippen LogP contribution < -0.4 is 5.32 Å². The third kappa shape index (κ3) is 3.73. The molecule has 0 atom stereocenters. The van der Waals surface area contributed by atoms with E-state index in [0.717, 1.165) is 5.69 Å². The van der Waals surface area contributed by atoms with Crippen molar-refractivity contribution in [2.75, 3.05) is 18.9 Å². The van der Waals surface area contributed by atoms with Gasteiger partial charge in [-0.15, -0.1) is 0 Å². The molecule has 0 spiro atoms. The van der Waals surface area contributed by atoms with E-state index in [9.17, 15) is 9.59 Å². The molecule has 0 aliphatic heterocycles. The molecule has 0 unspecified atom stereocenters. The van der Waals surface area contributed by atoms with Gasteiger partial charge in [0.1, 0.15) is 0 Å². The molecule has 1 aliphatic rings. The van der Waals surface area contributed by atoms with Crippen molar-refractivity contribution in [2.45, 2.75) is 31.6 Å². The normalized spacial score (nSPS) is 14.4. The molecule has 1 aromatic carbocycles. The van der Waals surface area contributed by atoms with E-state index < -0.39 is 5.97 Å². The first-order valence-electron chi connectivity index (χ1n) is 6.90. The second kappa shape index (κ2) is 6.41. The van der Waals surface area contributed by atoms with E-state index in [1.807, 2.05) is 18.2 Å². The van der Waals surface area contributed by atoms with Crippen LogP contribution in [-0.4, -0.2) is 35.6 Å². The lowest BCUT2D eigenvalue weighted by molar-refractivity contribution is -0.137. The summed E-state index contributed by atoms with van der Waals surface area (Å²) >= 11 is 0. The number of anilines is 1. The third-order valence-corrected chi connectivity index (χ3v) is 3.72. The van der Waals surface area contributed by atoms with E-state index in [2.05, 4.69) is 11.4 Å². The highest BCUT2D eigenvalue weighted by atomic mass is 16.4. The van der Waals surface area contributed by atoms with E-state index in [4.69, 9.17) is 5.11 Å². The molecular weight excluding hydrogens is 256 g/mol. The second-order valence-electron chi connectivity index (χ2n) is 5.25. The number of aliphatic carboxylic acids is 1. The first-order chi connectivity index (χ1) is 9.56. The molecule has 2 N–H and O–H groups in total. The number of hydrogen-bond acceptors (Lipinski definition) is 2. The second-order valence-corrected chi connectivity index (χ2v) is 5.25. The summed E-state index contributed by atoms with van der Waals surface area (Å²) in [5.41, 5.74) is 2.03.